The number of benzene rings is 2. The molecule has 1 atom stereocenters. The summed E-state index contributed by atoms with van der Waals surface area (Å²) in [5.74, 6) is -1.15. The molecule has 5 rings (SSSR count). The third kappa shape index (κ3) is 5.48. The SMILES string of the molecule is COC(=O)N[C@H](CS(=O)(=O)c1ccc2cc(Cl)ccc2c1)C(=O)N1CCC(N2CN3CN(C)C=C3C2=O)CC1. The third-order valence-electron chi connectivity index (χ3n) is 7.39. The van der Waals surface area contributed by atoms with Gasteiger partial charge in [0.15, 0.2) is 9.84 Å². The van der Waals surface area contributed by atoms with E-state index in [9.17, 15) is 22.8 Å². The van der Waals surface area contributed by atoms with Crippen molar-refractivity contribution in [3.05, 3.63) is 53.3 Å². The van der Waals surface area contributed by atoms with Crippen molar-refractivity contribution in [3.8, 4) is 0 Å². The second kappa shape index (κ2) is 10.6. The number of likely N-dealkylation sites (tertiary alicyclic amines) is 1. The van der Waals surface area contributed by atoms with E-state index in [1.54, 1.807) is 29.2 Å². The van der Waals surface area contributed by atoms with Crippen molar-refractivity contribution in [2.45, 2.75) is 29.8 Å². The maximum absolute atomic E-state index is 13.5. The largest absolute Gasteiger partial charge is 0.453 e. The number of nitrogens with zero attached hydrogens (tertiary/aromatic N) is 4. The molecule has 11 nitrogen and oxygen atoms in total. The Hall–Kier alpha value is -3.51. The molecule has 2 saturated heterocycles. The molecular weight excluding hydrogens is 546 g/mol. The van der Waals surface area contributed by atoms with Crippen molar-refractivity contribution in [1.29, 1.82) is 0 Å². The number of hydrogen-bond acceptors (Lipinski definition) is 8. The Labute approximate surface area is 231 Å². The number of fused-ring (bicyclic) bond motifs is 2. The Morgan fingerprint density at radius 1 is 1.10 bits per heavy atom. The lowest BCUT2D eigenvalue weighted by Crippen LogP contribution is -2.55. The Morgan fingerprint density at radius 2 is 1.79 bits per heavy atom. The molecule has 3 aliphatic rings. The number of halogens is 1. The van der Waals surface area contributed by atoms with Crippen LogP contribution in [0.2, 0.25) is 5.02 Å². The van der Waals surface area contributed by atoms with Crippen LogP contribution in [0.25, 0.3) is 10.8 Å². The molecule has 0 spiro atoms. The van der Waals surface area contributed by atoms with E-state index >= 15 is 0 Å². The fourth-order valence-electron chi connectivity index (χ4n) is 5.36. The number of methoxy groups -OCH3 is 1. The molecular formula is C26H30ClN5O6S. The number of rotatable bonds is 6. The van der Waals surface area contributed by atoms with Crippen molar-refractivity contribution in [2.24, 2.45) is 0 Å². The lowest BCUT2D eigenvalue weighted by atomic mass is 10.0. The van der Waals surface area contributed by atoms with Crippen molar-refractivity contribution in [2.75, 3.05) is 46.3 Å². The Balaban J connectivity index is 1.28. The molecule has 13 heteroatoms. The van der Waals surface area contributed by atoms with Gasteiger partial charge in [-0.1, -0.05) is 23.7 Å². The first-order valence-corrected chi connectivity index (χ1v) is 14.6. The second-order valence-corrected chi connectivity index (χ2v) is 12.5. The highest BCUT2D eigenvalue weighted by Crippen LogP contribution is 2.29. The number of hydrogen-bond donors (Lipinski definition) is 1. The van der Waals surface area contributed by atoms with Crippen LogP contribution in [0.15, 0.2) is 53.2 Å². The number of nitrogens with one attached hydrogen (secondary N) is 1. The Bertz CT molecular complexity index is 1460. The van der Waals surface area contributed by atoms with E-state index in [0.717, 1.165) is 12.5 Å². The van der Waals surface area contributed by atoms with Crippen LogP contribution in [0.1, 0.15) is 12.8 Å². The van der Waals surface area contributed by atoms with Gasteiger partial charge in [0.05, 0.1) is 31.1 Å². The minimum Gasteiger partial charge on any atom is -0.453 e. The van der Waals surface area contributed by atoms with Crippen LogP contribution in [0.3, 0.4) is 0 Å². The number of alkyl carbamates (subject to hydrolysis) is 1. The molecule has 0 aromatic heterocycles. The topological polar surface area (TPSA) is 120 Å². The van der Waals surface area contributed by atoms with Crippen LogP contribution in [-0.2, 0) is 24.2 Å². The molecule has 1 N–H and O–H groups in total. The number of carbonyl (C=O) groups excluding carboxylic acids is 3. The molecule has 2 aromatic rings. The minimum atomic E-state index is -3.96. The van der Waals surface area contributed by atoms with E-state index in [-0.39, 0.29) is 16.8 Å². The molecule has 2 aromatic carbocycles. The normalized spacial score (nSPS) is 18.8. The van der Waals surface area contributed by atoms with Gasteiger partial charge in [-0.3, -0.25) is 9.59 Å². The monoisotopic (exact) mass is 575 g/mol. The molecule has 0 saturated carbocycles. The van der Waals surface area contributed by atoms with Crippen LogP contribution in [0.5, 0.6) is 0 Å². The average Bonchev–Trinajstić information content (AvgIpc) is 3.43. The van der Waals surface area contributed by atoms with E-state index in [1.807, 2.05) is 27.9 Å². The standard InChI is InChI=1S/C26H30ClN5O6S/c1-29-13-23-25(34)32(16-31(23)15-29)20-7-9-30(10-8-20)24(33)22(28-26(35)38-2)14-39(36,37)21-6-4-17-11-19(27)5-3-18(17)12-21/h3-6,11-13,20,22H,7-10,14-16H2,1-2H3,(H,28,35)/t22-/m1/s1. The summed E-state index contributed by atoms with van der Waals surface area (Å²) in [4.78, 5) is 45.8. The van der Waals surface area contributed by atoms with Gasteiger partial charge in [0.2, 0.25) is 5.91 Å². The summed E-state index contributed by atoms with van der Waals surface area (Å²) in [5.41, 5.74) is 0.681. The molecule has 39 heavy (non-hydrogen) atoms. The molecule has 0 unspecified atom stereocenters. The number of ether oxygens (including phenoxy) is 1. The van der Waals surface area contributed by atoms with Gasteiger partial charge >= 0.3 is 6.09 Å². The average molecular weight is 576 g/mol. The van der Waals surface area contributed by atoms with Gasteiger partial charge in [0.1, 0.15) is 11.7 Å². The predicted molar refractivity (Wildman–Crippen MR) is 144 cm³/mol. The summed E-state index contributed by atoms with van der Waals surface area (Å²) in [6, 6.07) is 8.41. The molecule has 208 valence electrons. The van der Waals surface area contributed by atoms with Crippen LogP contribution in [0, 0.1) is 0 Å². The molecule has 0 aliphatic carbocycles. The van der Waals surface area contributed by atoms with E-state index in [1.165, 1.54) is 12.1 Å². The maximum atomic E-state index is 13.5. The summed E-state index contributed by atoms with van der Waals surface area (Å²) in [6.07, 6.45) is 2.06. The van der Waals surface area contributed by atoms with Crippen molar-refractivity contribution in [3.63, 3.8) is 0 Å². The Kier molecular flexibility index (Phi) is 7.34. The Morgan fingerprint density at radius 3 is 2.49 bits per heavy atom. The zero-order valence-electron chi connectivity index (χ0n) is 21.7. The van der Waals surface area contributed by atoms with Crippen LogP contribution in [0.4, 0.5) is 4.79 Å². The van der Waals surface area contributed by atoms with Gasteiger partial charge in [-0.25, -0.2) is 13.2 Å². The fourth-order valence-corrected chi connectivity index (χ4v) is 6.98. The lowest BCUT2D eigenvalue weighted by molar-refractivity contribution is -0.135. The second-order valence-electron chi connectivity index (χ2n) is 10.0. The highest BCUT2D eigenvalue weighted by Gasteiger charge is 2.42. The van der Waals surface area contributed by atoms with Gasteiger partial charge in [-0.2, -0.15) is 0 Å². The highest BCUT2D eigenvalue weighted by atomic mass is 35.5. The number of amides is 3. The minimum absolute atomic E-state index is 0.0156. The van der Waals surface area contributed by atoms with Crippen molar-refractivity contribution in [1.82, 2.24) is 24.9 Å². The smallest absolute Gasteiger partial charge is 0.407 e. The first-order valence-electron chi connectivity index (χ1n) is 12.6. The first kappa shape index (κ1) is 27.1. The summed E-state index contributed by atoms with van der Waals surface area (Å²) in [7, 11) is -0.894. The molecule has 3 heterocycles. The zero-order chi connectivity index (χ0) is 27.9. The van der Waals surface area contributed by atoms with Crippen molar-refractivity contribution >= 4 is 50.1 Å². The lowest BCUT2D eigenvalue weighted by Gasteiger charge is -2.38. The van der Waals surface area contributed by atoms with Gasteiger partial charge in [-0.05, 0) is 47.9 Å². The van der Waals surface area contributed by atoms with Crippen LogP contribution in [-0.4, -0.2) is 104 Å². The molecule has 0 bridgehead atoms. The third-order valence-corrected chi connectivity index (χ3v) is 9.37. The summed E-state index contributed by atoms with van der Waals surface area (Å²) in [6.45, 7) is 1.84. The fraction of sp³-hybridized carbons (Fsp3) is 0.423. The molecule has 2 fully saturated rings. The molecule has 0 radical (unpaired) electrons. The first-order chi connectivity index (χ1) is 18.6. The summed E-state index contributed by atoms with van der Waals surface area (Å²) < 4.78 is 31.4. The summed E-state index contributed by atoms with van der Waals surface area (Å²) in [5, 5.41) is 4.41. The molecule has 3 amide bonds. The number of sulfone groups is 1. The van der Waals surface area contributed by atoms with Crippen molar-refractivity contribution < 1.29 is 27.5 Å². The highest BCUT2D eigenvalue weighted by molar-refractivity contribution is 7.91. The van der Waals surface area contributed by atoms with Crippen LogP contribution < -0.4 is 5.32 Å². The zero-order valence-corrected chi connectivity index (χ0v) is 23.2. The van der Waals surface area contributed by atoms with E-state index < -0.39 is 33.6 Å². The molecule has 3 aliphatic heterocycles. The van der Waals surface area contributed by atoms with E-state index in [2.05, 4.69) is 10.1 Å². The number of piperidine rings is 1. The van der Waals surface area contributed by atoms with E-state index in [0.29, 0.717) is 55.4 Å². The summed E-state index contributed by atoms with van der Waals surface area (Å²) >= 11 is 6.03. The van der Waals surface area contributed by atoms with Crippen LogP contribution >= 0.6 is 11.6 Å². The van der Waals surface area contributed by atoms with E-state index in [4.69, 9.17) is 11.6 Å². The number of carbonyl (C=O) groups is 3. The van der Waals surface area contributed by atoms with Gasteiger partial charge in [0, 0.05) is 37.4 Å². The van der Waals surface area contributed by atoms with Gasteiger partial charge < -0.3 is 29.7 Å². The van der Waals surface area contributed by atoms with Gasteiger partial charge in [0.25, 0.3) is 5.91 Å². The quantitative estimate of drug-likeness (QED) is 0.554. The maximum Gasteiger partial charge on any atom is 0.407 e. The predicted octanol–water partition coefficient (Wildman–Crippen LogP) is 1.83. The van der Waals surface area contributed by atoms with Gasteiger partial charge in [-0.15, -0.1) is 0 Å².